The van der Waals surface area contributed by atoms with Gasteiger partial charge in [-0.15, -0.1) is 0 Å². The number of hydrogen-bond donors (Lipinski definition) is 1. The van der Waals surface area contributed by atoms with E-state index in [2.05, 4.69) is 17.4 Å². The fraction of sp³-hybridized carbons (Fsp3) is 0.381. The van der Waals surface area contributed by atoms with Gasteiger partial charge in [-0.2, -0.15) is 0 Å². The normalized spacial score (nSPS) is 11.6. The Hall–Kier alpha value is -2.49. The van der Waals surface area contributed by atoms with Crippen molar-refractivity contribution in [2.45, 2.75) is 32.7 Å². The molecule has 0 fully saturated rings. The zero-order valence-electron chi connectivity index (χ0n) is 15.4. The fourth-order valence-corrected chi connectivity index (χ4v) is 2.53. The van der Waals surface area contributed by atoms with E-state index in [1.54, 1.807) is 11.9 Å². The van der Waals surface area contributed by atoms with Gasteiger partial charge in [0.05, 0.1) is 6.54 Å². The average Bonchev–Trinajstić information content (AvgIpc) is 2.62. The Bertz CT molecular complexity index is 658. The molecule has 0 aromatic heterocycles. The number of para-hydroxylation sites is 1. The summed E-state index contributed by atoms with van der Waals surface area (Å²) in [7, 11) is 1.79. The van der Waals surface area contributed by atoms with Crippen molar-refractivity contribution in [3.05, 3.63) is 65.7 Å². The molecule has 0 spiro atoms. The molecule has 0 saturated carbocycles. The van der Waals surface area contributed by atoms with Crippen LogP contribution in [-0.4, -0.2) is 37.2 Å². The minimum Gasteiger partial charge on any atom is -0.491 e. The smallest absolute Gasteiger partial charge is 0.317 e. The van der Waals surface area contributed by atoms with Crippen LogP contribution < -0.4 is 10.1 Å². The van der Waals surface area contributed by atoms with E-state index in [9.17, 15) is 4.79 Å². The van der Waals surface area contributed by atoms with E-state index >= 15 is 0 Å². The number of likely N-dealkylation sites (N-methyl/N-ethyl adjacent to an activating group) is 1. The lowest BCUT2D eigenvalue weighted by Crippen LogP contribution is -2.43. The predicted molar refractivity (Wildman–Crippen MR) is 102 cm³/mol. The Morgan fingerprint density at radius 1 is 1.12 bits per heavy atom. The molecule has 2 aromatic carbocycles. The van der Waals surface area contributed by atoms with Gasteiger partial charge in [0.2, 0.25) is 0 Å². The molecule has 0 unspecified atom stereocenters. The number of nitrogens with zero attached hydrogens (tertiary/aromatic N) is 1. The molecule has 0 aliphatic rings. The van der Waals surface area contributed by atoms with Crippen molar-refractivity contribution in [1.29, 1.82) is 0 Å². The van der Waals surface area contributed by atoms with Crippen molar-refractivity contribution < 1.29 is 9.53 Å². The first-order chi connectivity index (χ1) is 12.1. The van der Waals surface area contributed by atoms with Gasteiger partial charge >= 0.3 is 6.03 Å². The van der Waals surface area contributed by atoms with Gasteiger partial charge in [-0.1, -0.05) is 48.5 Å². The number of nitrogens with one attached hydrogen (secondary N) is 1. The van der Waals surface area contributed by atoms with Crippen LogP contribution in [0.25, 0.3) is 0 Å². The molecule has 2 rings (SSSR count). The highest BCUT2D eigenvalue weighted by Gasteiger charge is 2.12. The van der Waals surface area contributed by atoms with Crippen molar-refractivity contribution in [1.82, 2.24) is 10.2 Å². The monoisotopic (exact) mass is 340 g/mol. The van der Waals surface area contributed by atoms with E-state index in [-0.39, 0.29) is 12.1 Å². The molecule has 134 valence electrons. The van der Waals surface area contributed by atoms with Crippen LogP contribution >= 0.6 is 0 Å². The average molecular weight is 340 g/mol. The molecule has 2 amide bonds. The molecule has 0 radical (unpaired) electrons. The number of carbonyl (C=O) groups is 1. The highest BCUT2D eigenvalue weighted by Crippen LogP contribution is 2.15. The maximum absolute atomic E-state index is 12.2. The third kappa shape index (κ3) is 6.49. The largest absolute Gasteiger partial charge is 0.491 e. The second-order valence-electron chi connectivity index (χ2n) is 6.41. The summed E-state index contributed by atoms with van der Waals surface area (Å²) in [5, 5.41) is 3.04. The van der Waals surface area contributed by atoms with Crippen molar-refractivity contribution in [2.75, 3.05) is 20.2 Å². The van der Waals surface area contributed by atoms with E-state index in [4.69, 9.17) is 4.74 Å². The summed E-state index contributed by atoms with van der Waals surface area (Å²) in [6.07, 6.45) is 1.88. The van der Waals surface area contributed by atoms with Gasteiger partial charge in [-0.25, -0.2) is 4.79 Å². The van der Waals surface area contributed by atoms with Crippen LogP contribution in [0.15, 0.2) is 54.6 Å². The molecule has 0 aliphatic carbocycles. The third-order valence-corrected chi connectivity index (χ3v) is 4.20. The van der Waals surface area contributed by atoms with Crippen molar-refractivity contribution in [3.8, 4) is 5.75 Å². The predicted octanol–water partition coefficient (Wildman–Crippen LogP) is 4.04. The summed E-state index contributed by atoms with van der Waals surface area (Å²) in [5.41, 5.74) is 2.40. The molecule has 25 heavy (non-hydrogen) atoms. The van der Waals surface area contributed by atoms with Crippen LogP contribution in [0.1, 0.15) is 24.5 Å². The molecule has 0 bridgehead atoms. The second-order valence-corrected chi connectivity index (χ2v) is 6.41. The Kier molecular flexibility index (Phi) is 7.33. The number of benzene rings is 2. The standard InChI is InChI=1S/C21H28N2O2/c1-17-9-7-8-12-20(17)25-16-15-23(3)21(24)22-18(2)13-14-19-10-5-4-6-11-19/h4-12,18H,13-16H2,1-3H3,(H,22,24)/t18-/m1/s1. The number of urea groups is 1. The van der Waals surface area contributed by atoms with Crippen LogP contribution in [0, 0.1) is 6.92 Å². The first-order valence-corrected chi connectivity index (χ1v) is 8.80. The summed E-state index contributed by atoms with van der Waals surface area (Å²) in [6, 6.07) is 18.3. The first-order valence-electron chi connectivity index (χ1n) is 8.80. The quantitative estimate of drug-likeness (QED) is 0.788. The fourth-order valence-electron chi connectivity index (χ4n) is 2.53. The molecule has 0 aliphatic heterocycles. The van der Waals surface area contributed by atoms with Gasteiger partial charge in [-0.05, 0) is 43.9 Å². The van der Waals surface area contributed by atoms with Gasteiger partial charge in [0.1, 0.15) is 12.4 Å². The van der Waals surface area contributed by atoms with Crippen LogP contribution in [0.3, 0.4) is 0 Å². The highest BCUT2D eigenvalue weighted by molar-refractivity contribution is 5.74. The van der Waals surface area contributed by atoms with Crippen molar-refractivity contribution in [2.24, 2.45) is 0 Å². The zero-order chi connectivity index (χ0) is 18.1. The van der Waals surface area contributed by atoms with Gasteiger partial charge in [0.15, 0.2) is 0 Å². The maximum atomic E-state index is 12.2. The van der Waals surface area contributed by atoms with E-state index < -0.39 is 0 Å². The highest BCUT2D eigenvalue weighted by atomic mass is 16.5. The van der Waals surface area contributed by atoms with Crippen molar-refractivity contribution in [3.63, 3.8) is 0 Å². The molecule has 1 N–H and O–H groups in total. The number of aryl methyl sites for hydroxylation is 2. The Balaban J connectivity index is 1.68. The lowest BCUT2D eigenvalue weighted by atomic mass is 10.1. The van der Waals surface area contributed by atoms with Crippen LogP contribution in [0.5, 0.6) is 5.75 Å². The van der Waals surface area contributed by atoms with Crippen LogP contribution in [0.4, 0.5) is 4.79 Å². The number of ether oxygens (including phenoxy) is 1. The van der Waals surface area contributed by atoms with E-state index in [1.807, 2.05) is 56.3 Å². The zero-order valence-corrected chi connectivity index (χ0v) is 15.4. The SMILES string of the molecule is Cc1ccccc1OCCN(C)C(=O)N[C@H](C)CCc1ccccc1. The number of rotatable bonds is 8. The summed E-state index contributed by atoms with van der Waals surface area (Å²) < 4.78 is 5.75. The maximum Gasteiger partial charge on any atom is 0.317 e. The minimum atomic E-state index is -0.0612. The number of amides is 2. The molecule has 4 heteroatoms. The Morgan fingerprint density at radius 3 is 2.52 bits per heavy atom. The van der Waals surface area contributed by atoms with Gasteiger partial charge in [-0.3, -0.25) is 0 Å². The Labute approximate surface area is 150 Å². The van der Waals surface area contributed by atoms with Crippen LogP contribution in [0.2, 0.25) is 0 Å². The molecule has 4 nitrogen and oxygen atoms in total. The minimum absolute atomic E-state index is 0.0612. The van der Waals surface area contributed by atoms with E-state index in [0.717, 1.165) is 24.2 Å². The molecular formula is C21H28N2O2. The first kappa shape index (κ1) is 18.8. The summed E-state index contributed by atoms with van der Waals surface area (Å²) in [4.78, 5) is 13.9. The van der Waals surface area contributed by atoms with E-state index in [0.29, 0.717) is 13.2 Å². The van der Waals surface area contributed by atoms with Crippen molar-refractivity contribution >= 4 is 6.03 Å². The van der Waals surface area contributed by atoms with E-state index in [1.165, 1.54) is 5.56 Å². The molecule has 0 saturated heterocycles. The lowest BCUT2D eigenvalue weighted by Gasteiger charge is -2.21. The van der Waals surface area contributed by atoms with Gasteiger partial charge < -0.3 is 15.0 Å². The molecule has 2 aromatic rings. The number of hydrogen-bond acceptors (Lipinski definition) is 2. The molecule has 1 atom stereocenters. The topological polar surface area (TPSA) is 41.6 Å². The van der Waals surface area contributed by atoms with Crippen LogP contribution in [-0.2, 0) is 6.42 Å². The number of carbonyl (C=O) groups excluding carboxylic acids is 1. The van der Waals surface area contributed by atoms with Gasteiger partial charge in [0, 0.05) is 13.1 Å². The summed E-state index contributed by atoms with van der Waals surface area (Å²) in [5.74, 6) is 0.868. The van der Waals surface area contributed by atoms with Gasteiger partial charge in [0.25, 0.3) is 0 Å². The Morgan fingerprint density at radius 2 is 1.80 bits per heavy atom. The third-order valence-electron chi connectivity index (χ3n) is 4.20. The summed E-state index contributed by atoms with van der Waals surface area (Å²) in [6.45, 7) is 5.08. The molecular weight excluding hydrogens is 312 g/mol. The summed E-state index contributed by atoms with van der Waals surface area (Å²) >= 11 is 0. The molecule has 0 heterocycles. The lowest BCUT2D eigenvalue weighted by molar-refractivity contribution is 0.191. The second kappa shape index (κ2) is 9.72.